The topological polar surface area (TPSA) is 95.1 Å². The summed E-state index contributed by atoms with van der Waals surface area (Å²) in [4.78, 5) is 16.8. The highest BCUT2D eigenvalue weighted by molar-refractivity contribution is 5.95. The number of nitrogen functional groups attached to an aromatic ring is 1. The maximum Gasteiger partial charge on any atom is 0.251 e. The second-order valence-corrected chi connectivity index (χ2v) is 6.29. The number of benzene rings is 1. The second kappa shape index (κ2) is 8.35. The van der Waals surface area contributed by atoms with Crippen LogP contribution in [-0.4, -0.2) is 33.8 Å². The molecule has 27 heavy (non-hydrogen) atoms. The van der Waals surface area contributed by atoms with Gasteiger partial charge < -0.3 is 15.8 Å². The van der Waals surface area contributed by atoms with Gasteiger partial charge in [0.2, 0.25) is 0 Å². The molecule has 0 aliphatic carbocycles. The number of amides is 1. The number of aryl methyl sites for hydroxylation is 1. The molecule has 7 nitrogen and oxygen atoms in total. The lowest BCUT2D eigenvalue weighted by molar-refractivity contribution is 0.0937. The Bertz CT molecular complexity index is 891. The number of hydrogen-bond donors (Lipinski definition) is 2. The fourth-order valence-corrected chi connectivity index (χ4v) is 2.80. The molecule has 0 bridgehead atoms. The summed E-state index contributed by atoms with van der Waals surface area (Å²) in [7, 11) is 1.56. The smallest absolute Gasteiger partial charge is 0.251 e. The van der Waals surface area contributed by atoms with Gasteiger partial charge in [-0.25, -0.2) is 0 Å². The van der Waals surface area contributed by atoms with E-state index < -0.39 is 0 Å². The number of aromatic nitrogens is 3. The third-order valence-electron chi connectivity index (χ3n) is 4.29. The molecule has 0 aliphatic rings. The van der Waals surface area contributed by atoms with Crippen molar-refractivity contribution in [3.8, 4) is 17.0 Å². The van der Waals surface area contributed by atoms with Gasteiger partial charge in [-0.1, -0.05) is 12.1 Å². The SMILES string of the molecule is COc1c(N)ccnc1-c1ccc(C(=O)NC(C)CCn2cccn2)cc1. The molecular formula is C20H23N5O2. The highest BCUT2D eigenvalue weighted by Crippen LogP contribution is 2.32. The fourth-order valence-electron chi connectivity index (χ4n) is 2.80. The van der Waals surface area contributed by atoms with Crippen molar-refractivity contribution in [2.45, 2.75) is 25.9 Å². The van der Waals surface area contributed by atoms with E-state index in [9.17, 15) is 4.79 Å². The molecular weight excluding hydrogens is 342 g/mol. The summed E-state index contributed by atoms with van der Waals surface area (Å²) in [5.74, 6) is 0.420. The van der Waals surface area contributed by atoms with Crippen molar-refractivity contribution in [3.05, 3.63) is 60.6 Å². The summed E-state index contributed by atoms with van der Waals surface area (Å²) in [6, 6.07) is 10.8. The average Bonchev–Trinajstić information content (AvgIpc) is 3.20. The summed E-state index contributed by atoms with van der Waals surface area (Å²) in [6.07, 6.45) is 6.09. The molecule has 1 atom stereocenters. The second-order valence-electron chi connectivity index (χ2n) is 6.29. The summed E-state index contributed by atoms with van der Waals surface area (Å²) < 4.78 is 7.20. The van der Waals surface area contributed by atoms with E-state index >= 15 is 0 Å². The Kier molecular flexibility index (Phi) is 5.71. The van der Waals surface area contributed by atoms with Gasteiger partial charge in [0.05, 0.1) is 12.8 Å². The van der Waals surface area contributed by atoms with Gasteiger partial charge in [-0.05, 0) is 37.6 Å². The number of pyridine rings is 1. The Balaban J connectivity index is 1.64. The van der Waals surface area contributed by atoms with E-state index in [1.165, 1.54) is 0 Å². The first-order chi connectivity index (χ1) is 13.1. The first-order valence-electron chi connectivity index (χ1n) is 8.75. The van der Waals surface area contributed by atoms with Crippen LogP contribution in [0.3, 0.4) is 0 Å². The number of carbonyl (C=O) groups is 1. The van der Waals surface area contributed by atoms with Crippen LogP contribution in [0.15, 0.2) is 55.0 Å². The molecule has 1 amide bonds. The minimum atomic E-state index is -0.109. The Hall–Kier alpha value is -3.35. The number of carbonyl (C=O) groups excluding carboxylic acids is 1. The largest absolute Gasteiger partial charge is 0.492 e. The first kappa shape index (κ1) is 18.4. The zero-order chi connectivity index (χ0) is 19.2. The summed E-state index contributed by atoms with van der Waals surface area (Å²) in [5, 5.41) is 7.17. The van der Waals surface area contributed by atoms with Gasteiger partial charge in [0.15, 0.2) is 5.75 Å². The van der Waals surface area contributed by atoms with Crippen LogP contribution in [-0.2, 0) is 6.54 Å². The number of anilines is 1. The molecule has 0 fully saturated rings. The zero-order valence-corrected chi connectivity index (χ0v) is 15.4. The van der Waals surface area contributed by atoms with Gasteiger partial charge in [-0.15, -0.1) is 0 Å². The van der Waals surface area contributed by atoms with Crippen molar-refractivity contribution in [2.24, 2.45) is 0 Å². The minimum absolute atomic E-state index is 0.0389. The van der Waals surface area contributed by atoms with Gasteiger partial charge in [0, 0.05) is 42.3 Å². The van der Waals surface area contributed by atoms with Crippen molar-refractivity contribution < 1.29 is 9.53 Å². The van der Waals surface area contributed by atoms with Crippen LogP contribution in [0.2, 0.25) is 0 Å². The highest BCUT2D eigenvalue weighted by atomic mass is 16.5. The molecule has 0 saturated carbocycles. The normalized spacial score (nSPS) is 11.8. The number of rotatable bonds is 7. The van der Waals surface area contributed by atoms with Gasteiger partial charge in [-0.3, -0.25) is 14.5 Å². The summed E-state index contributed by atoms with van der Waals surface area (Å²) in [5.41, 5.74) is 8.53. The predicted octanol–water partition coefficient (Wildman–Crippen LogP) is 2.74. The van der Waals surface area contributed by atoms with Crippen LogP contribution in [0.25, 0.3) is 11.3 Å². The monoisotopic (exact) mass is 365 g/mol. The van der Waals surface area contributed by atoms with Gasteiger partial charge in [0.1, 0.15) is 5.69 Å². The minimum Gasteiger partial charge on any atom is -0.492 e. The lowest BCUT2D eigenvalue weighted by atomic mass is 10.1. The Morgan fingerprint density at radius 2 is 2.04 bits per heavy atom. The molecule has 7 heteroatoms. The Morgan fingerprint density at radius 1 is 1.26 bits per heavy atom. The maximum atomic E-state index is 12.4. The van der Waals surface area contributed by atoms with Crippen LogP contribution >= 0.6 is 0 Å². The van der Waals surface area contributed by atoms with Gasteiger partial charge >= 0.3 is 0 Å². The van der Waals surface area contributed by atoms with Crippen LogP contribution < -0.4 is 15.8 Å². The number of methoxy groups -OCH3 is 1. The van der Waals surface area contributed by atoms with Crippen LogP contribution in [0.4, 0.5) is 5.69 Å². The molecule has 3 aromatic rings. The molecule has 0 aliphatic heterocycles. The maximum absolute atomic E-state index is 12.4. The van der Waals surface area contributed by atoms with E-state index in [0.717, 1.165) is 18.5 Å². The number of nitrogens with two attached hydrogens (primary N) is 1. The lowest BCUT2D eigenvalue weighted by Gasteiger charge is -2.14. The van der Waals surface area contributed by atoms with E-state index in [0.29, 0.717) is 22.7 Å². The third-order valence-corrected chi connectivity index (χ3v) is 4.29. The first-order valence-corrected chi connectivity index (χ1v) is 8.75. The van der Waals surface area contributed by atoms with E-state index in [4.69, 9.17) is 10.5 Å². The number of nitrogens with one attached hydrogen (secondary N) is 1. The number of ether oxygens (including phenoxy) is 1. The molecule has 3 rings (SSSR count). The van der Waals surface area contributed by atoms with Crippen molar-refractivity contribution in [3.63, 3.8) is 0 Å². The summed E-state index contributed by atoms with van der Waals surface area (Å²) >= 11 is 0. The molecule has 1 unspecified atom stereocenters. The molecule has 3 N–H and O–H groups in total. The van der Waals surface area contributed by atoms with Gasteiger partial charge in [0.25, 0.3) is 5.91 Å². The van der Waals surface area contributed by atoms with Crippen LogP contribution in [0.5, 0.6) is 5.75 Å². The molecule has 1 aromatic carbocycles. The lowest BCUT2D eigenvalue weighted by Crippen LogP contribution is -2.33. The standard InChI is InChI=1S/C20H23N5O2/c1-14(9-13-25-12-3-10-23-25)24-20(26)16-6-4-15(5-7-16)18-19(27-2)17(21)8-11-22-18/h3-8,10-12,14H,9,13H2,1-2H3,(H2,21,22)(H,24,26). The highest BCUT2D eigenvalue weighted by Gasteiger charge is 2.13. The van der Waals surface area contributed by atoms with E-state index in [2.05, 4.69) is 15.4 Å². The quantitative estimate of drug-likeness (QED) is 0.671. The van der Waals surface area contributed by atoms with Crippen molar-refractivity contribution in [1.29, 1.82) is 0 Å². The molecule has 0 saturated heterocycles. The Labute approximate surface area is 158 Å². The van der Waals surface area contributed by atoms with E-state index in [-0.39, 0.29) is 11.9 Å². The number of nitrogens with zero attached hydrogens (tertiary/aromatic N) is 3. The third kappa shape index (κ3) is 4.44. The fraction of sp³-hybridized carbons (Fsp3) is 0.250. The van der Waals surface area contributed by atoms with Crippen molar-refractivity contribution in [1.82, 2.24) is 20.1 Å². The van der Waals surface area contributed by atoms with Crippen LogP contribution in [0, 0.1) is 0 Å². The summed E-state index contributed by atoms with van der Waals surface area (Å²) in [6.45, 7) is 2.74. The molecule has 2 aromatic heterocycles. The molecule has 0 radical (unpaired) electrons. The van der Waals surface area contributed by atoms with Gasteiger partial charge in [-0.2, -0.15) is 5.10 Å². The van der Waals surface area contributed by atoms with E-state index in [1.54, 1.807) is 37.7 Å². The van der Waals surface area contributed by atoms with Crippen molar-refractivity contribution in [2.75, 3.05) is 12.8 Å². The zero-order valence-electron chi connectivity index (χ0n) is 15.4. The number of hydrogen-bond acceptors (Lipinski definition) is 5. The predicted molar refractivity (Wildman–Crippen MR) is 104 cm³/mol. The Morgan fingerprint density at radius 3 is 2.70 bits per heavy atom. The molecule has 140 valence electrons. The molecule has 0 spiro atoms. The van der Waals surface area contributed by atoms with E-state index in [1.807, 2.05) is 36.0 Å². The van der Waals surface area contributed by atoms with Crippen molar-refractivity contribution >= 4 is 11.6 Å². The van der Waals surface area contributed by atoms with Crippen LogP contribution in [0.1, 0.15) is 23.7 Å². The molecule has 2 heterocycles. The average molecular weight is 365 g/mol.